The molecule has 1 aromatic carbocycles. The van der Waals surface area contributed by atoms with Crippen LogP contribution in [-0.4, -0.2) is 0 Å². The Morgan fingerprint density at radius 3 is 2.33 bits per heavy atom. The maximum absolute atomic E-state index is 13.9. The molecule has 0 N–H and O–H groups in total. The van der Waals surface area contributed by atoms with Crippen molar-refractivity contribution in [3.8, 4) is 17.2 Å². The average molecular weight is 428 g/mol. The Labute approximate surface area is 184 Å². The van der Waals surface area contributed by atoms with E-state index in [1.54, 1.807) is 5.40 Å². The molecule has 0 spiro atoms. The first kappa shape index (κ1) is 22.9. The minimum atomic E-state index is -0.729. The van der Waals surface area contributed by atoms with Crippen LogP contribution in [-0.2, 0) is 0 Å². The number of rotatable bonds is 5. The maximum atomic E-state index is 13.9. The van der Waals surface area contributed by atoms with Crippen LogP contribution in [0.1, 0.15) is 77.2 Å². The van der Waals surface area contributed by atoms with Gasteiger partial charge in [-0.15, -0.1) is 0 Å². The van der Waals surface area contributed by atoms with Crippen molar-refractivity contribution < 1.29 is 8.78 Å². The summed E-state index contributed by atoms with van der Waals surface area (Å²) in [6.07, 6.45) is 13.6. The van der Waals surface area contributed by atoms with Crippen LogP contribution < -0.4 is 0 Å². The van der Waals surface area contributed by atoms with E-state index in [1.165, 1.54) is 57.1 Å². The predicted octanol–water partition coefficient (Wildman–Crippen LogP) is 7.86. The van der Waals surface area contributed by atoms with Gasteiger partial charge in [0.15, 0.2) is 0 Å². The molecule has 3 rings (SSSR count). The van der Waals surface area contributed by atoms with Gasteiger partial charge < -0.3 is 0 Å². The first-order valence-corrected chi connectivity index (χ1v) is 12.1. The third-order valence-electron chi connectivity index (χ3n) is 6.96. The number of benzene rings is 1. The number of thioether (sulfide) groups is 1. The zero-order valence-electron chi connectivity index (χ0n) is 18.0. The van der Waals surface area contributed by atoms with Crippen LogP contribution in [0.2, 0.25) is 0 Å². The van der Waals surface area contributed by atoms with Crippen LogP contribution in [0.15, 0.2) is 28.7 Å². The standard InChI is InChI=1S/C26H31F2NS/c1-3-18(2)14-20-8-12-23(13-9-20)22-10-6-19(7-11-22)4-5-21-15-24(27)26(30-17-29)25(28)16-21/h6,15-16,18,20,22-23H,3,7-14H2,1-2H3. The first-order valence-electron chi connectivity index (χ1n) is 11.3. The summed E-state index contributed by atoms with van der Waals surface area (Å²) in [6, 6.07) is 2.42. The van der Waals surface area contributed by atoms with Crippen molar-refractivity contribution in [3.63, 3.8) is 0 Å². The Balaban J connectivity index is 1.54. The summed E-state index contributed by atoms with van der Waals surface area (Å²) in [6.45, 7) is 4.67. The fraction of sp³-hybridized carbons (Fsp3) is 0.577. The van der Waals surface area contributed by atoms with Crippen molar-refractivity contribution in [1.29, 1.82) is 5.26 Å². The Morgan fingerprint density at radius 1 is 1.07 bits per heavy atom. The molecule has 4 heteroatoms. The number of allylic oxidation sites excluding steroid dienone is 2. The Kier molecular flexibility index (Phi) is 8.41. The first-order chi connectivity index (χ1) is 14.5. The van der Waals surface area contributed by atoms with Gasteiger partial charge in [0, 0.05) is 5.56 Å². The van der Waals surface area contributed by atoms with Crippen molar-refractivity contribution in [3.05, 3.63) is 41.0 Å². The minimum absolute atomic E-state index is 0.262. The number of hydrogen-bond donors (Lipinski definition) is 0. The van der Waals surface area contributed by atoms with Gasteiger partial charge in [0.2, 0.25) is 0 Å². The van der Waals surface area contributed by atoms with Gasteiger partial charge in [-0.1, -0.05) is 51.0 Å². The summed E-state index contributed by atoms with van der Waals surface area (Å²) in [4.78, 5) is -0.262. The monoisotopic (exact) mass is 427 g/mol. The number of halogens is 2. The van der Waals surface area contributed by atoms with E-state index in [9.17, 15) is 8.78 Å². The Hall–Kier alpha value is -1.78. The van der Waals surface area contributed by atoms with Gasteiger partial charge in [0.1, 0.15) is 17.0 Å². The lowest BCUT2D eigenvalue weighted by atomic mass is 9.70. The van der Waals surface area contributed by atoms with E-state index in [0.717, 1.165) is 42.1 Å². The second-order valence-corrected chi connectivity index (χ2v) is 9.80. The number of nitriles is 1. The lowest BCUT2D eigenvalue weighted by Gasteiger charge is -2.35. The van der Waals surface area contributed by atoms with Gasteiger partial charge in [-0.2, -0.15) is 5.26 Å². The zero-order valence-corrected chi connectivity index (χ0v) is 18.8. The Bertz CT molecular complexity index is 842. The van der Waals surface area contributed by atoms with Crippen LogP contribution in [0.3, 0.4) is 0 Å². The van der Waals surface area contributed by atoms with E-state index >= 15 is 0 Å². The van der Waals surface area contributed by atoms with Crippen LogP contribution in [0, 0.1) is 57.8 Å². The topological polar surface area (TPSA) is 23.8 Å². The smallest absolute Gasteiger partial charge is 0.142 e. The molecule has 0 bridgehead atoms. The summed E-state index contributed by atoms with van der Waals surface area (Å²) in [5, 5.41) is 10.3. The second-order valence-electron chi connectivity index (χ2n) is 9.01. The molecule has 1 saturated carbocycles. The third-order valence-corrected chi connectivity index (χ3v) is 7.64. The van der Waals surface area contributed by atoms with Gasteiger partial charge in [-0.3, -0.25) is 0 Å². The summed E-state index contributed by atoms with van der Waals surface area (Å²) in [5.74, 6) is 7.94. The van der Waals surface area contributed by atoms with Gasteiger partial charge in [-0.05, 0) is 91.7 Å². The number of hydrogen-bond acceptors (Lipinski definition) is 2. The molecule has 0 aromatic heterocycles. The van der Waals surface area contributed by atoms with E-state index < -0.39 is 11.6 Å². The molecule has 0 aliphatic heterocycles. The summed E-state index contributed by atoms with van der Waals surface area (Å²) < 4.78 is 27.9. The summed E-state index contributed by atoms with van der Waals surface area (Å²) in [5.41, 5.74) is 1.39. The number of thiocyanates is 1. The van der Waals surface area contributed by atoms with Crippen LogP contribution >= 0.6 is 11.8 Å². The maximum Gasteiger partial charge on any atom is 0.142 e. The molecule has 2 unspecified atom stereocenters. The van der Waals surface area contributed by atoms with Gasteiger partial charge in [0.25, 0.3) is 0 Å². The lowest BCUT2D eigenvalue weighted by molar-refractivity contribution is 0.177. The molecule has 2 aliphatic rings. The van der Waals surface area contributed by atoms with E-state index in [2.05, 4.69) is 31.8 Å². The molecule has 2 aliphatic carbocycles. The van der Waals surface area contributed by atoms with Crippen LogP contribution in [0.5, 0.6) is 0 Å². The molecule has 30 heavy (non-hydrogen) atoms. The van der Waals surface area contributed by atoms with E-state index in [1.807, 2.05) is 0 Å². The van der Waals surface area contributed by atoms with Gasteiger partial charge in [-0.25, -0.2) is 8.78 Å². The Morgan fingerprint density at radius 2 is 1.77 bits per heavy atom. The van der Waals surface area contributed by atoms with Crippen LogP contribution in [0.25, 0.3) is 0 Å². The highest BCUT2D eigenvalue weighted by molar-refractivity contribution is 8.03. The molecule has 0 radical (unpaired) electrons. The predicted molar refractivity (Wildman–Crippen MR) is 120 cm³/mol. The molecule has 0 heterocycles. The summed E-state index contributed by atoms with van der Waals surface area (Å²) in [7, 11) is 0. The average Bonchev–Trinajstić information content (AvgIpc) is 2.75. The van der Waals surface area contributed by atoms with E-state index in [4.69, 9.17) is 5.26 Å². The molecule has 0 saturated heterocycles. The van der Waals surface area contributed by atoms with Crippen molar-refractivity contribution in [2.24, 2.45) is 23.7 Å². The SMILES string of the molecule is CCC(C)CC1CCC(C2CC=C(C#Cc3cc(F)c(SC#N)c(F)c3)CC2)CC1. The van der Waals surface area contributed by atoms with Gasteiger partial charge >= 0.3 is 0 Å². The minimum Gasteiger partial charge on any atom is -0.206 e. The highest BCUT2D eigenvalue weighted by Crippen LogP contribution is 2.41. The molecule has 1 nitrogen and oxygen atoms in total. The molecule has 1 aromatic rings. The molecule has 1 fully saturated rings. The quantitative estimate of drug-likeness (QED) is 0.271. The normalized spacial score (nSPS) is 24.9. The molecule has 160 valence electrons. The highest BCUT2D eigenvalue weighted by Gasteiger charge is 2.28. The molecular formula is C26H31F2NS. The van der Waals surface area contributed by atoms with Gasteiger partial charge in [0.05, 0.1) is 4.90 Å². The van der Waals surface area contributed by atoms with Crippen LogP contribution in [0.4, 0.5) is 8.78 Å². The lowest BCUT2D eigenvalue weighted by Crippen LogP contribution is -2.24. The highest BCUT2D eigenvalue weighted by atomic mass is 32.2. The van der Waals surface area contributed by atoms with E-state index in [-0.39, 0.29) is 4.90 Å². The molecule has 0 amide bonds. The van der Waals surface area contributed by atoms with Crippen molar-refractivity contribution in [2.45, 2.75) is 76.5 Å². The largest absolute Gasteiger partial charge is 0.206 e. The fourth-order valence-electron chi connectivity index (χ4n) is 4.95. The summed E-state index contributed by atoms with van der Waals surface area (Å²) >= 11 is 0.497. The van der Waals surface area contributed by atoms with Crippen molar-refractivity contribution >= 4 is 11.8 Å². The van der Waals surface area contributed by atoms with Crippen molar-refractivity contribution in [2.75, 3.05) is 0 Å². The molecular weight excluding hydrogens is 396 g/mol. The third kappa shape index (κ3) is 6.12. The zero-order chi connectivity index (χ0) is 21.5. The van der Waals surface area contributed by atoms with E-state index in [0.29, 0.717) is 17.3 Å². The van der Waals surface area contributed by atoms with Crippen molar-refractivity contribution in [1.82, 2.24) is 0 Å². The fourth-order valence-corrected chi connectivity index (χ4v) is 5.36. The second kappa shape index (κ2) is 11.0. The number of nitrogens with zero attached hydrogens (tertiary/aromatic N) is 1. The molecule has 2 atom stereocenters.